The van der Waals surface area contributed by atoms with Crippen molar-refractivity contribution in [2.45, 2.75) is 61.7 Å². The van der Waals surface area contributed by atoms with Crippen LogP contribution in [-0.4, -0.2) is 63.7 Å². The van der Waals surface area contributed by atoms with Crippen LogP contribution in [0.4, 0.5) is 0 Å². The van der Waals surface area contributed by atoms with E-state index in [1.807, 2.05) is 13.8 Å². The Kier molecular flexibility index (Phi) is 7.72. The Balaban J connectivity index is 1.68. The van der Waals surface area contributed by atoms with Crippen molar-refractivity contribution in [3.05, 3.63) is 17.5 Å². The van der Waals surface area contributed by atoms with E-state index in [4.69, 9.17) is 4.74 Å². The summed E-state index contributed by atoms with van der Waals surface area (Å²) in [6, 6.07) is 2.45. The van der Waals surface area contributed by atoms with Gasteiger partial charge < -0.3 is 10.1 Å². The SMILES string of the molecule is CC(C)C(NS(=O)(=O)c1cccs1)C(=O)NCC1(N2CCOCC2)CCCCC1. The number of amides is 1. The summed E-state index contributed by atoms with van der Waals surface area (Å²) in [5, 5.41) is 4.81. The summed E-state index contributed by atoms with van der Waals surface area (Å²) in [4.78, 5) is 15.5. The summed E-state index contributed by atoms with van der Waals surface area (Å²) in [6.07, 6.45) is 5.66. The molecule has 7 nitrogen and oxygen atoms in total. The maximum Gasteiger partial charge on any atom is 0.250 e. The van der Waals surface area contributed by atoms with Crippen molar-refractivity contribution < 1.29 is 17.9 Å². The molecule has 1 aromatic heterocycles. The van der Waals surface area contributed by atoms with Crippen LogP contribution in [0.1, 0.15) is 46.0 Å². The zero-order valence-electron chi connectivity index (χ0n) is 17.4. The summed E-state index contributed by atoms with van der Waals surface area (Å²) in [6.45, 7) is 7.49. The van der Waals surface area contributed by atoms with Crippen LogP contribution in [0.5, 0.6) is 0 Å². The van der Waals surface area contributed by atoms with Gasteiger partial charge in [-0.15, -0.1) is 11.3 Å². The van der Waals surface area contributed by atoms with Crippen LogP contribution >= 0.6 is 11.3 Å². The Morgan fingerprint density at radius 3 is 2.52 bits per heavy atom. The predicted octanol–water partition coefficient (Wildman–Crippen LogP) is 2.20. The number of morpholine rings is 1. The Hall–Kier alpha value is -1.00. The predicted molar refractivity (Wildman–Crippen MR) is 114 cm³/mol. The van der Waals surface area contributed by atoms with E-state index in [1.165, 1.54) is 6.42 Å². The summed E-state index contributed by atoms with van der Waals surface area (Å²) in [5.74, 6) is -0.409. The second-order valence-electron chi connectivity index (χ2n) is 8.38. The molecule has 1 saturated carbocycles. The number of nitrogens with one attached hydrogen (secondary N) is 2. The average molecular weight is 444 g/mol. The van der Waals surface area contributed by atoms with Crippen LogP contribution < -0.4 is 10.0 Å². The van der Waals surface area contributed by atoms with Gasteiger partial charge in [-0.25, -0.2) is 8.42 Å². The lowest BCUT2D eigenvalue weighted by atomic mass is 9.79. The van der Waals surface area contributed by atoms with Gasteiger partial charge in [0.15, 0.2) is 0 Å². The zero-order valence-corrected chi connectivity index (χ0v) is 19.0. The number of thiophene rings is 1. The maximum absolute atomic E-state index is 13.0. The third-order valence-corrected chi connectivity index (χ3v) is 8.89. The molecule has 2 N–H and O–H groups in total. The number of hydrogen-bond donors (Lipinski definition) is 2. The van der Waals surface area contributed by atoms with Crippen LogP contribution in [0.3, 0.4) is 0 Å². The number of sulfonamides is 1. The molecule has 1 aromatic rings. The summed E-state index contributed by atoms with van der Waals surface area (Å²) >= 11 is 1.15. The monoisotopic (exact) mass is 443 g/mol. The van der Waals surface area contributed by atoms with E-state index in [-0.39, 0.29) is 21.6 Å². The summed E-state index contributed by atoms with van der Waals surface area (Å²) in [5.41, 5.74) is -0.0498. The second-order valence-corrected chi connectivity index (χ2v) is 11.3. The molecule has 2 heterocycles. The van der Waals surface area contributed by atoms with Gasteiger partial charge in [-0.2, -0.15) is 4.72 Å². The van der Waals surface area contributed by atoms with Gasteiger partial charge in [0, 0.05) is 25.2 Å². The van der Waals surface area contributed by atoms with Crippen molar-refractivity contribution in [2.75, 3.05) is 32.8 Å². The minimum atomic E-state index is -3.70. The van der Waals surface area contributed by atoms with Crippen LogP contribution in [0, 0.1) is 5.92 Å². The Morgan fingerprint density at radius 1 is 1.24 bits per heavy atom. The maximum atomic E-state index is 13.0. The Bertz CT molecular complexity index is 753. The highest BCUT2D eigenvalue weighted by atomic mass is 32.2. The molecule has 0 spiro atoms. The van der Waals surface area contributed by atoms with Crippen LogP contribution in [-0.2, 0) is 19.6 Å². The number of rotatable bonds is 8. The standard InChI is InChI=1S/C20H33N3O4S2/c1-16(2)18(22-29(25,26)17-7-6-14-28-17)19(24)21-15-20(8-4-3-5-9-20)23-10-12-27-13-11-23/h6-7,14,16,18,22H,3-5,8-13,15H2,1-2H3,(H,21,24). The summed E-state index contributed by atoms with van der Waals surface area (Å²) < 4.78 is 33.6. The smallest absolute Gasteiger partial charge is 0.250 e. The minimum absolute atomic E-state index is 0.0498. The molecule has 29 heavy (non-hydrogen) atoms. The normalized spacial score (nSPS) is 21.8. The molecule has 9 heteroatoms. The van der Waals surface area contributed by atoms with Crippen LogP contribution in [0.25, 0.3) is 0 Å². The lowest BCUT2D eigenvalue weighted by Gasteiger charge is -2.48. The summed E-state index contributed by atoms with van der Waals surface area (Å²) in [7, 11) is -3.70. The van der Waals surface area contributed by atoms with Crippen molar-refractivity contribution >= 4 is 27.3 Å². The largest absolute Gasteiger partial charge is 0.379 e. The van der Waals surface area contributed by atoms with E-state index < -0.39 is 16.1 Å². The molecule has 1 aliphatic carbocycles. The molecular formula is C20H33N3O4S2. The quantitative estimate of drug-likeness (QED) is 0.643. The Labute approximate surface area is 178 Å². The van der Waals surface area contributed by atoms with Gasteiger partial charge in [0.05, 0.1) is 13.2 Å². The van der Waals surface area contributed by atoms with E-state index in [1.54, 1.807) is 17.5 Å². The fourth-order valence-electron chi connectivity index (χ4n) is 4.35. The topological polar surface area (TPSA) is 87.7 Å². The average Bonchev–Trinajstić information content (AvgIpc) is 3.27. The lowest BCUT2D eigenvalue weighted by Crippen LogP contribution is -2.61. The molecule has 0 aromatic carbocycles. The van der Waals surface area contributed by atoms with E-state index >= 15 is 0 Å². The zero-order chi connectivity index (χ0) is 20.9. The molecule has 3 rings (SSSR count). The molecule has 2 aliphatic rings. The van der Waals surface area contributed by atoms with Crippen molar-refractivity contribution in [3.63, 3.8) is 0 Å². The molecule has 1 atom stereocenters. The van der Waals surface area contributed by atoms with Gasteiger partial charge in [0.1, 0.15) is 10.3 Å². The first-order chi connectivity index (χ1) is 13.8. The van der Waals surface area contributed by atoms with Gasteiger partial charge in [-0.05, 0) is 30.2 Å². The Morgan fingerprint density at radius 2 is 1.93 bits per heavy atom. The first-order valence-electron chi connectivity index (χ1n) is 10.5. The highest BCUT2D eigenvalue weighted by molar-refractivity contribution is 7.91. The molecule has 164 valence electrons. The van der Waals surface area contributed by atoms with Crippen LogP contribution in [0.2, 0.25) is 0 Å². The number of hydrogen-bond acceptors (Lipinski definition) is 6. The van der Waals surface area contributed by atoms with Crippen molar-refractivity contribution in [2.24, 2.45) is 5.92 Å². The van der Waals surface area contributed by atoms with E-state index in [0.717, 1.165) is 63.3 Å². The van der Waals surface area contributed by atoms with Crippen molar-refractivity contribution in [1.82, 2.24) is 14.9 Å². The third-order valence-electron chi connectivity index (χ3n) is 6.05. The second kappa shape index (κ2) is 9.87. The van der Waals surface area contributed by atoms with Crippen LogP contribution in [0.15, 0.2) is 21.7 Å². The van der Waals surface area contributed by atoms with E-state index in [2.05, 4.69) is 14.9 Å². The fourth-order valence-corrected chi connectivity index (χ4v) is 6.70. The molecule has 0 radical (unpaired) electrons. The van der Waals surface area contributed by atoms with E-state index in [9.17, 15) is 13.2 Å². The van der Waals surface area contributed by atoms with Gasteiger partial charge in [0.2, 0.25) is 5.91 Å². The van der Waals surface area contributed by atoms with Gasteiger partial charge in [0.25, 0.3) is 10.0 Å². The highest BCUT2D eigenvalue weighted by Gasteiger charge is 2.39. The third kappa shape index (κ3) is 5.58. The van der Waals surface area contributed by atoms with Gasteiger partial charge >= 0.3 is 0 Å². The van der Waals surface area contributed by atoms with E-state index in [0.29, 0.717) is 6.54 Å². The van der Waals surface area contributed by atoms with Crippen molar-refractivity contribution in [1.29, 1.82) is 0 Å². The molecular weight excluding hydrogens is 410 g/mol. The first-order valence-corrected chi connectivity index (χ1v) is 12.9. The van der Waals surface area contributed by atoms with Gasteiger partial charge in [-0.3, -0.25) is 9.69 Å². The van der Waals surface area contributed by atoms with Gasteiger partial charge in [-0.1, -0.05) is 39.2 Å². The molecule has 1 aliphatic heterocycles. The number of carbonyl (C=O) groups excluding carboxylic acids is 1. The molecule has 2 fully saturated rings. The lowest BCUT2D eigenvalue weighted by molar-refractivity contribution is -0.125. The first kappa shape index (κ1) is 22.7. The number of nitrogens with zero attached hydrogens (tertiary/aromatic N) is 1. The van der Waals surface area contributed by atoms with Crippen molar-refractivity contribution in [3.8, 4) is 0 Å². The molecule has 1 amide bonds. The number of ether oxygens (including phenoxy) is 1. The fraction of sp³-hybridized carbons (Fsp3) is 0.750. The molecule has 0 bridgehead atoms. The number of carbonyl (C=O) groups is 1. The molecule has 1 unspecified atom stereocenters. The highest BCUT2D eigenvalue weighted by Crippen LogP contribution is 2.34. The molecule has 1 saturated heterocycles. The minimum Gasteiger partial charge on any atom is -0.379 e.